The highest BCUT2D eigenvalue weighted by Crippen LogP contribution is 2.37. The average Bonchev–Trinajstić information content (AvgIpc) is 2.54. The molecule has 0 amide bonds. The van der Waals surface area contributed by atoms with Gasteiger partial charge in [-0.05, 0) is 6.07 Å². The van der Waals surface area contributed by atoms with Gasteiger partial charge in [0, 0.05) is 49.6 Å². The lowest BCUT2D eigenvalue weighted by Gasteiger charge is -2.28. The largest absolute Gasteiger partial charge is 0.504 e. The summed E-state index contributed by atoms with van der Waals surface area (Å²) in [5.74, 6) is -1.25. The van der Waals surface area contributed by atoms with Crippen LogP contribution in [-0.4, -0.2) is 51.4 Å². The molecule has 3 rings (SSSR count). The smallest absolute Gasteiger partial charge is 0.246 e. The third kappa shape index (κ3) is 3.13. The Kier molecular flexibility index (Phi) is 4.06. The van der Waals surface area contributed by atoms with Crippen molar-refractivity contribution in [2.45, 2.75) is 24.7 Å². The first-order valence-electron chi connectivity index (χ1n) is 7.25. The van der Waals surface area contributed by atoms with E-state index in [2.05, 4.69) is 9.97 Å². The van der Waals surface area contributed by atoms with Crippen molar-refractivity contribution in [2.24, 2.45) is 0 Å². The molecule has 24 heavy (non-hydrogen) atoms. The van der Waals surface area contributed by atoms with Crippen molar-refractivity contribution in [3.63, 3.8) is 0 Å². The summed E-state index contributed by atoms with van der Waals surface area (Å²) in [7, 11) is -3.43. The molecular weight excluding hydrogens is 334 g/mol. The quantitative estimate of drug-likeness (QED) is 0.541. The molecule has 2 heterocycles. The molecule has 1 aliphatic heterocycles. The molecule has 9 heteroatoms. The van der Waals surface area contributed by atoms with Crippen LogP contribution in [0.1, 0.15) is 16.8 Å². The van der Waals surface area contributed by atoms with Gasteiger partial charge in [0.1, 0.15) is 0 Å². The van der Waals surface area contributed by atoms with Crippen LogP contribution in [-0.2, 0) is 29.3 Å². The average molecular weight is 351 g/mol. The van der Waals surface area contributed by atoms with E-state index in [4.69, 9.17) is 0 Å². The second-order valence-electron chi connectivity index (χ2n) is 5.80. The summed E-state index contributed by atoms with van der Waals surface area (Å²) in [6.45, 7) is 1.49. The van der Waals surface area contributed by atoms with Crippen LogP contribution in [0.3, 0.4) is 0 Å². The molecule has 8 nitrogen and oxygen atoms in total. The lowest BCUT2D eigenvalue weighted by atomic mass is 10.1. The summed E-state index contributed by atoms with van der Waals surface area (Å²) >= 11 is 0. The second-order valence-corrected chi connectivity index (χ2v) is 7.71. The molecular formula is C15H17N3O5S. The molecule has 0 fully saturated rings. The predicted octanol–water partition coefficient (Wildman–Crippen LogP) is 0.555. The number of aromatic hydroxyl groups is 3. The molecule has 0 saturated heterocycles. The lowest BCUT2D eigenvalue weighted by molar-refractivity contribution is 0.237. The Hall–Kier alpha value is -2.39. The van der Waals surface area contributed by atoms with Crippen LogP contribution in [0, 0.1) is 0 Å². The summed E-state index contributed by atoms with van der Waals surface area (Å²) in [6, 6.07) is 2.87. The number of aromatic nitrogens is 2. The molecule has 3 N–H and O–H groups in total. The third-order valence-electron chi connectivity index (χ3n) is 3.93. The van der Waals surface area contributed by atoms with Gasteiger partial charge in [0.2, 0.25) is 20.7 Å². The van der Waals surface area contributed by atoms with Gasteiger partial charge < -0.3 is 15.3 Å². The molecule has 0 unspecified atom stereocenters. The first kappa shape index (κ1) is 16.5. The molecule has 2 aromatic rings. The molecule has 1 aliphatic rings. The van der Waals surface area contributed by atoms with Crippen molar-refractivity contribution >= 4 is 9.84 Å². The van der Waals surface area contributed by atoms with E-state index in [-0.39, 0.29) is 16.7 Å². The Morgan fingerprint density at radius 1 is 1.21 bits per heavy atom. The number of phenolic OH excluding ortho intramolecular Hbond substituents is 3. The van der Waals surface area contributed by atoms with Gasteiger partial charge in [-0.2, -0.15) is 0 Å². The number of hydrogen-bond acceptors (Lipinski definition) is 8. The van der Waals surface area contributed by atoms with Crippen molar-refractivity contribution in [3.05, 3.63) is 35.2 Å². The Bertz CT molecular complexity index is 898. The van der Waals surface area contributed by atoms with Crippen LogP contribution >= 0.6 is 0 Å². The Morgan fingerprint density at radius 3 is 2.67 bits per heavy atom. The van der Waals surface area contributed by atoms with Crippen LogP contribution in [0.25, 0.3) is 0 Å². The maximum absolute atomic E-state index is 11.5. The standard InChI is InChI=1S/C15H17N3O5S/c1-24(22,23)15-16-6-10-8-18(5-4-11(10)17-15)7-9-2-3-12(19)14(21)13(9)20/h2-3,6,19-21H,4-5,7-8H2,1H3. The molecule has 1 aromatic carbocycles. The Morgan fingerprint density at radius 2 is 1.96 bits per heavy atom. The van der Waals surface area contributed by atoms with E-state index in [0.717, 1.165) is 11.8 Å². The SMILES string of the molecule is CS(=O)(=O)c1ncc2c(n1)CCN(Cc1ccc(O)c(O)c1O)C2. The van der Waals surface area contributed by atoms with Gasteiger partial charge in [-0.25, -0.2) is 18.4 Å². The van der Waals surface area contributed by atoms with Crippen molar-refractivity contribution in [3.8, 4) is 17.2 Å². The van der Waals surface area contributed by atoms with E-state index in [1.54, 1.807) is 6.07 Å². The Balaban J connectivity index is 1.80. The summed E-state index contributed by atoms with van der Waals surface area (Å²) < 4.78 is 23.0. The fourth-order valence-corrected chi connectivity index (χ4v) is 3.17. The zero-order valence-corrected chi connectivity index (χ0v) is 13.8. The number of phenols is 3. The minimum Gasteiger partial charge on any atom is -0.504 e. The molecule has 0 bridgehead atoms. The molecule has 0 atom stereocenters. The summed E-state index contributed by atoms with van der Waals surface area (Å²) in [4.78, 5) is 10.0. The number of fused-ring (bicyclic) bond motifs is 1. The number of benzene rings is 1. The fraction of sp³-hybridized carbons (Fsp3) is 0.333. The van der Waals surface area contributed by atoms with Crippen molar-refractivity contribution < 1.29 is 23.7 Å². The highest BCUT2D eigenvalue weighted by molar-refractivity contribution is 7.90. The minimum absolute atomic E-state index is 0.171. The van der Waals surface area contributed by atoms with Gasteiger partial charge in [0.05, 0.1) is 5.69 Å². The van der Waals surface area contributed by atoms with Crippen LogP contribution in [0.5, 0.6) is 17.2 Å². The third-order valence-corrected chi connectivity index (χ3v) is 4.79. The molecule has 1 aromatic heterocycles. The monoisotopic (exact) mass is 351 g/mol. The van der Waals surface area contributed by atoms with E-state index >= 15 is 0 Å². The highest BCUT2D eigenvalue weighted by Gasteiger charge is 2.22. The van der Waals surface area contributed by atoms with Gasteiger partial charge in [-0.3, -0.25) is 4.90 Å². The molecule has 0 aliphatic carbocycles. The summed E-state index contributed by atoms with van der Waals surface area (Å²) in [6.07, 6.45) is 3.15. The Labute approximate surface area is 139 Å². The minimum atomic E-state index is -3.43. The van der Waals surface area contributed by atoms with Gasteiger partial charge in [-0.15, -0.1) is 0 Å². The molecule has 0 saturated carbocycles. The van der Waals surface area contributed by atoms with Crippen molar-refractivity contribution in [1.29, 1.82) is 0 Å². The molecule has 128 valence electrons. The zero-order chi connectivity index (χ0) is 17.5. The number of nitrogens with zero attached hydrogens (tertiary/aromatic N) is 3. The maximum Gasteiger partial charge on any atom is 0.246 e. The maximum atomic E-state index is 11.5. The normalized spacial score (nSPS) is 15.2. The summed E-state index contributed by atoms with van der Waals surface area (Å²) in [5, 5.41) is 28.7. The fourth-order valence-electron chi connectivity index (χ4n) is 2.65. The van der Waals surface area contributed by atoms with Gasteiger partial charge in [-0.1, -0.05) is 6.07 Å². The van der Waals surface area contributed by atoms with Crippen molar-refractivity contribution in [2.75, 3.05) is 12.8 Å². The van der Waals surface area contributed by atoms with E-state index < -0.39 is 15.6 Å². The van der Waals surface area contributed by atoms with E-state index in [1.807, 2.05) is 4.90 Å². The van der Waals surface area contributed by atoms with Crippen LogP contribution in [0.2, 0.25) is 0 Å². The first-order valence-corrected chi connectivity index (χ1v) is 9.15. The first-order chi connectivity index (χ1) is 11.3. The number of rotatable bonds is 3. The van der Waals surface area contributed by atoms with E-state index in [0.29, 0.717) is 37.3 Å². The zero-order valence-electron chi connectivity index (χ0n) is 13.0. The summed E-state index contributed by atoms with van der Waals surface area (Å²) in [5.41, 5.74) is 2.03. The van der Waals surface area contributed by atoms with Crippen LogP contribution < -0.4 is 0 Å². The predicted molar refractivity (Wildman–Crippen MR) is 84.4 cm³/mol. The van der Waals surface area contributed by atoms with Crippen LogP contribution in [0.4, 0.5) is 0 Å². The van der Waals surface area contributed by atoms with Crippen LogP contribution in [0.15, 0.2) is 23.5 Å². The molecule has 0 spiro atoms. The van der Waals surface area contributed by atoms with Gasteiger partial charge >= 0.3 is 0 Å². The highest BCUT2D eigenvalue weighted by atomic mass is 32.2. The van der Waals surface area contributed by atoms with E-state index in [1.165, 1.54) is 12.3 Å². The van der Waals surface area contributed by atoms with Gasteiger partial charge in [0.15, 0.2) is 11.5 Å². The lowest BCUT2D eigenvalue weighted by Crippen LogP contribution is -2.31. The van der Waals surface area contributed by atoms with Gasteiger partial charge in [0.25, 0.3) is 0 Å². The second kappa shape index (κ2) is 5.91. The topological polar surface area (TPSA) is 124 Å². The number of hydrogen-bond donors (Lipinski definition) is 3. The molecule has 0 radical (unpaired) electrons. The van der Waals surface area contributed by atoms with Crippen molar-refractivity contribution in [1.82, 2.24) is 14.9 Å². The van der Waals surface area contributed by atoms with E-state index in [9.17, 15) is 23.7 Å². The number of sulfone groups is 1.